The van der Waals surface area contributed by atoms with Crippen molar-refractivity contribution in [1.29, 1.82) is 0 Å². The molecule has 0 heterocycles. The Kier molecular flexibility index (Phi) is 5.84. The third-order valence-electron chi connectivity index (χ3n) is 3.67. The Bertz CT molecular complexity index is 483. The molecule has 1 fully saturated rings. The fourth-order valence-corrected chi connectivity index (χ4v) is 2.57. The van der Waals surface area contributed by atoms with E-state index in [9.17, 15) is 13.2 Å². The van der Waals surface area contributed by atoms with Crippen LogP contribution in [-0.2, 0) is 0 Å². The van der Waals surface area contributed by atoms with Gasteiger partial charge in [0, 0.05) is 11.6 Å². The summed E-state index contributed by atoms with van der Waals surface area (Å²) < 4.78 is 38.7. The van der Waals surface area contributed by atoms with Crippen LogP contribution in [0.1, 0.15) is 25.7 Å². The molecule has 0 aromatic carbocycles. The van der Waals surface area contributed by atoms with Crippen LogP contribution in [0, 0.1) is 11.8 Å². The maximum Gasteiger partial charge on any atom is 0.391 e. The van der Waals surface area contributed by atoms with Crippen LogP contribution in [0.2, 0.25) is 0 Å². The van der Waals surface area contributed by atoms with Gasteiger partial charge >= 0.3 is 6.18 Å². The van der Waals surface area contributed by atoms with Crippen molar-refractivity contribution in [2.75, 3.05) is 0 Å². The average Bonchev–Trinajstić information content (AvgIpc) is 2.45. The van der Waals surface area contributed by atoms with Crippen LogP contribution in [0.4, 0.5) is 13.2 Å². The summed E-state index contributed by atoms with van der Waals surface area (Å²) in [5.74, 6) is 3.47. The summed E-state index contributed by atoms with van der Waals surface area (Å²) in [6, 6.07) is 0. The molecular formula is C13H21F3N6. The molecule has 2 atom stereocenters. The van der Waals surface area contributed by atoms with Crippen molar-refractivity contribution >= 4 is 12.2 Å². The fourth-order valence-electron chi connectivity index (χ4n) is 2.57. The molecule has 1 saturated carbocycles. The highest BCUT2D eigenvalue weighted by atomic mass is 19.4. The lowest BCUT2D eigenvalue weighted by Crippen LogP contribution is -2.36. The molecule has 124 valence electrons. The van der Waals surface area contributed by atoms with Crippen LogP contribution in [0.25, 0.3) is 0 Å². The minimum absolute atomic E-state index is 0.000771. The molecule has 1 aliphatic carbocycles. The molecule has 9 heteroatoms. The predicted molar refractivity (Wildman–Crippen MR) is 80.1 cm³/mol. The van der Waals surface area contributed by atoms with Gasteiger partial charge in [0.05, 0.1) is 11.6 Å². The number of hydrogen-bond donors (Lipinski definition) is 3. The maximum absolute atomic E-state index is 12.9. The number of rotatable bonds is 4. The van der Waals surface area contributed by atoms with Gasteiger partial charge in [0.2, 0.25) is 0 Å². The third kappa shape index (κ3) is 4.15. The Balaban J connectivity index is 2.97. The molecule has 1 aliphatic rings. The van der Waals surface area contributed by atoms with Gasteiger partial charge in [0.15, 0.2) is 5.84 Å². The van der Waals surface area contributed by atoms with E-state index in [0.717, 1.165) is 11.3 Å². The average molecular weight is 318 g/mol. The van der Waals surface area contributed by atoms with Crippen LogP contribution in [-0.4, -0.2) is 23.4 Å². The van der Waals surface area contributed by atoms with Crippen LogP contribution < -0.4 is 17.3 Å². The van der Waals surface area contributed by atoms with Crippen molar-refractivity contribution in [2.45, 2.75) is 31.9 Å². The Morgan fingerprint density at radius 2 is 1.91 bits per heavy atom. The summed E-state index contributed by atoms with van der Waals surface area (Å²) in [5.41, 5.74) is 11.1. The molecule has 1 rings (SSSR count). The van der Waals surface area contributed by atoms with Gasteiger partial charge < -0.3 is 17.3 Å². The minimum atomic E-state index is -4.22. The fraction of sp³-hybridized carbons (Fsp3) is 0.538. The zero-order valence-electron chi connectivity index (χ0n) is 12.2. The quantitative estimate of drug-likeness (QED) is 0.318. The van der Waals surface area contributed by atoms with Crippen molar-refractivity contribution in [2.24, 2.45) is 39.3 Å². The second-order valence-corrected chi connectivity index (χ2v) is 5.15. The highest BCUT2D eigenvalue weighted by molar-refractivity contribution is 5.97. The molecule has 0 aliphatic heterocycles. The molecule has 6 N–H and O–H groups in total. The summed E-state index contributed by atoms with van der Waals surface area (Å²) in [5, 5.41) is 8.43. The van der Waals surface area contributed by atoms with Gasteiger partial charge in [-0.1, -0.05) is 19.6 Å². The number of nitrogens with two attached hydrogens (primary N) is 3. The molecule has 0 saturated heterocycles. The Morgan fingerprint density at radius 3 is 2.36 bits per heavy atom. The van der Waals surface area contributed by atoms with Gasteiger partial charge in [-0.05, 0) is 19.3 Å². The lowest BCUT2D eigenvalue weighted by molar-refractivity contribution is -0.184. The van der Waals surface area contributed by atoms with E-state index in [-0.39, 0.29) is 24.4 Å². The SMILES string of the molecule is C=C(N)/C(=N/N)N(/N=C\N)C(=C)C1CCCC(C(F)(F)F)C1. The summed E-state index contributed by atoms with van der Waals surface area (Å²) in [4.78, 5) is 0. The van der Waals surface area contributed by atoms with E-state index in [1.807, 2.05) is 0 Å². The van der Waals surface area contributed by atoms with Crippen molar-refractivity contribution < 1.29 is 13.2 Å². The standard InChI is InChI=1S/C13H21F3N6/c1-8(18)12(21-19)22(20-7-17)9(2)10-4-3-5-11(6-10)13(14,15)16/h7,10-11H,1-6,18-19H2,(H2,17,20)/b21-12-. The number of hydrogen-bond acceptors (Lipinski definition) is 4. The van der Waals surface area contributed by atoms with Crippen LogP contribution >= 0.6 is 0 Å². The Morgan fingerprint density at radius 1 is 1.27 bits per heavy atom. The normalized spacial score (nSPS) is 23.5. The highest BCUT2D eigenvalue weighted by Gasteiger charge is 2.43. The number of halogens is 3. The molecule has 0 aromatic heterocycles. The molecule has 0 bridgehead atoms. The number of hydrazone groups is 2. The van der Waals surface area contributed by atoms with Crippen molar-refractivity contribution in [1.82, 2.24) is 5.01 Å². The van der Waals surface area contributed by atoms with E-state index in [2.05, 4.69) is 23.4 Å². The summed E-state index contributed by atoms with van der Waals surface area (Å²) in [7, 11) is 0. The number of alkyl halides is 3. The van der Waals surface area contributed by atoms with E-state index in [1.165, 1.54) is 0 Å². The zero-order chi connectivity index (χ0) is 16.9. The van der Waals surface area contributed by atoms with Crippen LogP contribution in [0.5, 0.6) is 0 Å². The van der Waals surface area contributed by atoms with Gasteiger partial charge in [0.1, 0.15) is 6.34 Å². The Labute approximate surface area is 127 Å². The first-order valence-corrected chi connectivity index (χ1v) is 6.74. The van der Waals surface area contributed by atoms with E-state index >= 15 is 0 Å². The smallest absolute Gasteiger partial charge is 0.391 e. The molecule has 0 aromatic rings. The van der Waals surface area contributed by atoms with Crippen LogP contribution in [0.15, 0.2) is 34.8 Å². The van der Waals surface area contributed by atoms with Crippen molar-refractivity contribution in [3.63, 3.8) is 0 Å². The topological polar surface area (TPSA) is 106 Å². The second-order valence-electron chi connectivity index (χ2n) is 5.15. The van der Waals surface area contributed by atoms with Gasteiger partial charge in [-0.3, -0.25) is 0 Å². The first kappa shape index (κ1) is 17.9. The zero-order valence-corrected chi connectivity index (χ0v) is 12.2. The molecule has 0 amide bonds. The molecule has 0 spiro atoms. The van der Waals surface area contributed by atoms with Gasteiger partial charge in [0.25, 0.3) is 0 Å². The van der Waals surface area contributed by atoms with Crippen LogP contribution in [0.3, 0.4) is 0 Å². The second kappa shape index (κ2) is 7.19. The lowest BCUT2D eigenvalue weighted by atomic mass is 9.79. The Hall–Kier alpha value is -2.19. The third-order valence-corrected chi connectivity index (χ3v) is 3.67. The summed E-state index contributed by atoms with van der Waals surface area (Å²) >= 11 is 0. The number of amidine groups is 1. The van der Waals surface area contributed by atoms with Gasteiger partial charge in [-0.15, -0.1) is 0 Å². The predicted octanol–water partition coefficient (Wildman–Crippen LogP) is 1.82. The van der Waals surface area contributed by atoms with Gasteiger partial charge in [-0.25, -0.2) is 5.01 Å². The summed E-state index contributed by atoms with van der Waals surface area (Å²) in [6.45, 7) is 7.32. The monoisotopic (exact) mass is 318 g/mol. The molecule has 22 heavy (non-hydrogen) atoms. The molecule has 2 unspecified atom stereocenters. The maximum atomic E-state index is 12.9. The molecule has 6 nitrogen and oxygen atoms in total. The molecule has 0 radical (unpaired) electrons. The number of nitrogens with zero attached hydrogens (tertiary/aromatic N) is 3. The first-order valence-electron chi connectivity index (χ1n) is 6.74. The van der Waals surface area contributed by atoms with E-state index in [4.69, 9.17) is 17.3 Å². The van der Waals surface area contributed by atoms with E-state index in [1.54, 1.807) is 0 Å². The summed E-state index contributed by atoms with van der Waals surface area (Å²) in [6.07, 6.45) is -2.18. The van der Waals surface area contributed by atoms with Crippen molar-refractivity contribution in [3.8, 4) is 0 Å². The largest absolute Gasteiger partial charge is 0.396 e. The lowest BCUT2D eigenvalue weighted by Gasteiger charge is -2.34. The highest BCUT2D eigenvalue weighted by Crippen LogP contribution is 2.42. The minimum Gasteiger partial charge on any atom is -0.396 e. The van der Waals surface area contributed by atoms with E-state index < -0.39 is 18.0 Å². The van der Waals surface area contributed by atoms with Gasteiger partial charge in [-0.2, -0.15) is 23.4 Å². The van der Waals surface area contributed by atoms with E-state index in [0.29, 0.717) is 18.5 Å². The first-order chi connectivity index (χ1) is 10.2. The number of allylic oxidation sites excluding steroid dienone is 1. The van der Waals surface area contributed by atoms with Crippen molar-refractivity contribution in [3.05, 3.63) is 24.6 Å². The molecular weight excluding hydrogens is 297 g/mol.